The molecule has 0 fully saturated rings. The quantitative estimate of drug-likeness (QED) is 0.805. The summed E-state index contributed by atoms with van der Waals surface area (Å²) in [6.07, 6.45) is 0. The first-order chi connectivity index (χ1) is 11.9. The molecule has 142 valence electrons. The second-order valence-electron chi connectivity index (χ2n) is 5.88. The second-order valence-corrected chi connectivity index (χ2v) is 10.1. The van der Waals surface area contributed by atoms with Crippen LogP contribution in [-0.2, 0) is 20.0 Å². The fourth-order valence-corrected chi connectivity index (χ4v) is 4.53. The van der Waals surface area contributed by atoms with Crippen molar-refractivity contribution in [3.05, 3.63) is 52.3 Å². The van der Waals surface area contributed by atoms with Crippen molar-refractivity contribution >= 4 is 37.3 Å². The maximum Gasteiger partial charge on any atom is 0.264 e. The van der Waals surface area contributed by atoms with Crippen LogP contribution in [0.3, 0.4) is 0 Å². The molecule has 10 heteroatoms. The van der Waals surface area contributed by atoms with Crippen LogP contribution in [0.5, 0.6) is 0 Å². The molecule has 0 spiro atoms. The van der Waals surface area contributed by atoms with E-state index in [1.54, 1.807) is 13.8 Å². The van der Waals surface area contributed by atoms with Gasteiger partial charge in [-0.3, -0.25) is 4.72 Å². The van der Waals surface area contributed by atoms with Gasteiger partial charge in [-0.1, -0.05) is 11.6 Å². The number of nitrogens with one attached hydrogen (secondary N) is 1. The van der Waals surface area contributed by atoms with E-state index in [9.17, 15) is 21.2 Å². The molecule has 0 aliphatic carbocycles. The Kier molecular flexibility index (Phi) is 5.67. The van der Waals surface area contributed by atoms with Crippen molar-refractivity contribution in [1.82, 2.24) is 4.31 Å². The number of anilines is 1. The summed E-state index contributed by atoms with van der Waals surface area (Å²) in [5, 5.41) is 0.0625. The SMILES string of the molecule is Cc1cc(S(=O)(=O)N(C)C)cc(NS(=O)(=O)c2ccc(Cl)cc2F)c1C. The zero-order valence-corrected chi connectivity index (χ0v) is 16.9. The molecule has 1 N–H and O–H groups in total. The lowest BCUT2D eigenvalue weighted by atomic mass is 10.1. The molecule has 0 unspecified atom stereocenters. The molecule has 6 nitrogen and oxygen atoms in total. The van der Waals surface area contributed by atoms with Crippen molar-refractivity contribution < 1.29 is 21.2 Å². The lowest BCUT2D eigenvalue weighted by Gasteiger charge is -2.17. The summed E-state index contributed by atoms with van der Waals surface area (Å²) < 4.78 is 67.1. The van der Waals surface area contributed by atoms with Crippen LogP contribution in [0.2, 0.25) is 5.02 Å². The fourth-order valence-electron chi connectivity index (χ4n) is 2.18. The molecule has 0 radical (unpaired) electrons. The molecule has 0 bridgehead atoms. The van der Waals surface area contributed by atoms with Crippen molar-refractivity contribution in [2.75, 3.05) is 18.8 Å². The Morgan fingerprint density at radius 2 is 1.65 bits per heavy atom. The number of hydrogen-bond acceptors (Lipinski definition) is 4. The Balaban J connectivity index is 2.57. The van der Waals surface area contributed by atoms with Crippen molar-refractivity contribution in [2.24, 2.45) is 0 Å². The summed E-state index contributed by atoms with van der Waals surface area (Å²) in [6, 6.07) is 5.85. The normalized spacial score (nSPS) is 12.4. The Morgan fingerprint density at radius 3 is 2.19 bits per heavy atom. The first kappa shape index (κ1) is 20.6. The van der Waals surface area contributed by atoms with Gasteiger partial charge in [0.05, 0.1) is 10.6 Å². The average Bonchev–Trinajstić information content (AvgIpc) is 2.50. The first-order valence-electron chi connectivity index (χ1n) is 7.38. The largest absolute Gasteiger partial charge is 0.279 e. The molecule has 0 aliphatic rings. The average molecular weight is 421 g/mol. The van der Waals surface area contributed by atoms with Crippen LogP contribution in [0, 0.1) is 19.7 Å². The summed E-state index contributed by atoms with van der Waals surface area (Å²) in [5.41, 5.74) is 1.16. The van der Waals surface area contributed by atoms with Crippen LogP contribution in [-0.4, -0.2) is 35.2 Å². The van der Waals surface area contributed by atoms with Crippen LogP contribution in [0.15, 0.2) is 40.1 Å². The number of rotatable bonds is 5. The molecular formula is C16H18ClFN2O4S2. The summed E-state index contributed by atoms with van der Waals surface area (Å²) in [7, 11) is -5.30. The van der Waals surface area contributed by atoms with Gasteiger partial charge < -0.3 is 0 Å². The van der Waals surface area contributed by atoms with E-state index in [0.717, 1.165) is 16.4 Å². The lowest BCUT2D eigenvalue weighted by Crippen LogP contribution is -2.23. The lowest BCUT2D eigenvalue weighted by molar-refractivity contribution is 0.520. The highest BCUT2D eigenvalue weighted by atomic mass is 35.5. The Morgan fingerprint density at radius 1 is 1.04 bits per heavy atom. The smallest absolute Gasteiger partial charge is 0.264 e. The van der Waals surface area contributed by atoms with Crippen molar-refractivity contribution in [2.45, 2.75) is 23.6 Å². The fraction of sp³-hybridized carbons (Fsp3) is 0.250. The van der Waals surface area contributed by atoms with Gasteiger partial charge in [0.25, 0.3) is 10.0 Å². The molecule has 2 aromatic carbocycles. The van der Waals surface area contributed by atoms with E-state index in [0.29, 0.717) is 11.1 Å². The molecule has 26 heavy (non-hydrogen) atoms. The number of aryl methyl sites for hydroxylation is 1. The third kappa shape index (κ3) is 4.01. The third-order valence-corrected chi connectivity index (χ3v) is 7.27. The van der Waals surface area contributed by atoms with E-state index in [1.165, 1.54) is 32.3 Å². The molecule has 0 amide bonds. The van der Waals surface area contributed by atoms with Gasteiger partial charge >= 0.3 is 0 Å². The highest BCUT2D eigenvalue weighted by Gasteiger charge is 2.24. The minimum Gasteiger partial charge on any atom is -0.279 e. The minimum absolute atomic E-state index is 0.0553. The number of benzene rings is 2. The van der Waals surface area contributed by atoms with Gasteiger partial charge in [0.15, 0.2) is 0 Å². The van der Waals surface area contributed by atoms with E-state index < -0.39 is 30.8 Å². The maximum absolute atomic E-state index is 14.0. The molecule has 0 atom stereocenters. The monoisotopic (exact) mass is 420 g/mol. The van der Waals surface area contributed by atoms with E-state index in [1.807, 2.05) is 0 Å². The number of halogens is 2. The number of sulfonamides is 2. The zero-order chi connectivity index (χ0) is 19.9. The van der Waals surface area contributed by atoms with Crippen molar-refractivity contribution in [3.63, 3.8) is 0 Å². The third-order valence-electron chi connectivity index (χ3n) is 3.85. The Labute approximate surface area is 157 Å². The molecule has 0 aliphatic heterocycles. The Hall–Kier alpha value is -1.68. The van der Waals surface area contributed by atoms with Gasteiger partial charge in [0, 0.05) is 19.1 Å². The molecule has 2 rings (SSSR count). The number of nitrogens with zero attached hydrogens (tertiary/aromatic N) is 1. The van der Waals surface area contributed by atoms with Gasteiger partial charge in [0.2, 0.25) is 10.0 Å². The van der Waals surface area contributed by atoms with E-state index in [2.05, 4.69) is 4.72 Å². The standard InChI is InChI=1S/C16H18ClFN2O4S2/c1-10-7-13(26(23,24)20(3)4)9-15(11(10)2)19-25(21,22)16-6-5-12(17)8-14(16)18/h5-9,19H,1-4H3. The van der Waals surface area contributed by atoms with Crippen LogP contribution in [0.1, 0.15) is 11.1 Å². The number of hydrogen-bond donors (Lipinski definition) is 1. The topological polar surface area (TPSA) is 83.6 Å². The summed E-state index contributed by atoms with van der Waals surface area (Å²) >= 11 is 5.65. The van der Waals surface area contributed by atoms with Crippen LogP contribution < -0.4 is 4.72 Å². The predicted molar refractivity (Wildman–Crippen MR) is 99.0 cm³/mol. The molecular weight excluding hydrogens is 403 g/mol. The highest BCUT2D eigenvalue weighted by molar-refractivity contribution is 7.92. The van der Waals surface area contributed by atoms with Gasteiger partial charge in [-0.05, 0) is 55.3 Å². The molecule has 0 saturated heterocycles. The van der Waals surface area contributed by atoms with Gasteiger partial charge in [-0.15, -0.1) is 0 Å². The summed E-state index contributed by atoms with van der Waals surface area (Å²) in [4.78, 5) is -0.653. The minimum atomic E-state index is -4.27. The second kappa shape index (κ2) is 7.15. The molecule has 2 aromatic rings. The summed E-state index contributed by atoms with van der Waals surface area (Å²) in [6.45, 7) is 3.29. The van der Waals surface area contributed by atoms with E-state index in [4.69, 9.17) is 11.6 Å². The first-order valence-corrected chi connectivity index (χ1v) is 10.7. The summed E-state index contributed by atoms with van der Waals surface area (Å²) in [5.74, 6) is -1.00. The predicted octanol–water partition coefficient (Wildman–Crippen LogP) is 3.15. The highest BCUT2D eigenvalue weighted by Crippen LogP contribution is 2.28. The molecule has 0 heterocycles. The van der Waals surface area contributed by atoms with Gasteiger partial charge in [-0.2, -0.15) is 0 Å². The van der Waals surface area contributed by atoms with Gasteiger partial charge in [0.1, 0.15) is 10.7 Å². The van der Waals surface area contributed by atoms with Crippen molar-refractivity contribution in [1.29, 1.82) is 0 Å². The van der Waals surface area contributed by atoms with Crippen LogP contribution in [0.4, 0.5) is 10.1 Å². The van der Waals surface area contributed by atoms with Crippen molar-refractivity contribution in [3.8, 4) is 0 Å². The zero-order valence-electron chi connectivity index (χ0n) is 14.5. The maximum atomic E-state index is 14.0. The Bertz CT molecular complexity index is 1070. The van der Waals surface area contributed by atoms with E-state index >= 15 is 0 Å². The molecule has 0 aromatic heterocycles. The van der Waals surface area contributed by atoms with Gasteiger partial charge in [-0.25, -0.2) is 25.5 Å². The van der Waals surface area contributed by atoms with Crippen LogP contribution >= 0.6 is 11.6 Å². The molecule has 0 saturated carbocycles. The van der Waals surface area contributed by atoms with Crippen LogP contribution in [0.25, 0.3) is 0 Å². The van der Waals surface area contributed by atoms with E-state index in [-0.39, 0.29) is 15.6 Å².